The molecule has 1 rings (SSSR count). The summed E-state index contributed by atoms with van der Waals surface area (Å²) in [6, 6.07) is 0.0612. The van der Waals surface area contributed by atoms with Crippen LogP contribution in [0.4, 0.5) is 0 Å². The Morgan fingerprint density at radius 2 is 2.06 bits per heavy atom. The highest BCUT2D eigenvalue weighted by molar-refractivity contribution is 7.99. The Labute approximate surface area is 103 Å². The molecule has 2 atom stereocenters. The fourth-order valence-electron chi connectivity index (χ4n) is 1.99. The van der Waals surface area contributed by atoms with Crippen molar-refractivity contribution in [3.8, 4) is 0 Å². The lowest BCUT2D eigenvalue weighted by Crippen LogP contribution is -2.46. The molecule has 4 heteroatoms. The van der Waals surface area contributed by atoms with Crippen molar-refractivity contribution in [2.45, 2.75) is 50.3 Å². The Balaban J connectivity index is 2.39. The number of rotatable bonds is 4. The van der Waals surface area contributed by atoms with E-state index in [-0.39, 0.29) is 22.6 Å². The number of thioether (sulfide) groups is 1. The Hall–Kier alpha value is -0.220. The molecule has 1 aliphatic carbocycles. The Morgan fingerprint density at radius 3 is 2.62 bits per heavy atom. The number of hydrogen-bond donors (Lipinski definition) is 2. The van der Waals surface area contributed by atoms with Crippen LogP contribution in [0.1, 0.15) is 39.5 Å². The number of hydrogen-bond acceptors (Lipinski definition) is 3. The number of carbonyl (C=O) groups excluding carboxylic acids is 1. The lowest BCUT2D eigenvalue weighted by atomic mass is 9.84. The maximum Gasteiger partial charge on any atom is 0.224 e. The number of nitrogens with two attached hydrogens (primary N) is 1. The SMILES string of the molecule is CSC(C)(C)CNC(=O)C1CCCCC1N. The van der Waals surface area contributed by atoms with Gasteiger partial charge in [-0.15, -0.1) is 0 Å². The van der Waals surface area contributed by atoms with Gasteiger partial charge in [-0.2, -0.15) is 11.8 Å². The molecule has 0 bridgehead atoms. The summed E-state index contributed by atoms with van der Waals surface area (Å²) in [5.74, 6) is 0.181. The number of amides is 1. The van der Waals surface area contributed by atoms with E-state index in [0.717, 1.165) is 25.8 Å². The lowest BCUT2D eigenvalue weighted by Gasteiger charge is -2.29. The monoisotopic (exact) mass is 244 g/mol. The summed E-state index contributed by atoms with van der Waals surface area (Å²) in [5, 5.41) is 3.03. The second-order valence-electron chi connectivity index (χ2n) is 5.24. The third-order valence-electron chi connectivity index (χ3n) is 3.40. The summed E-state index contributed by atoms with van der Waals surface area (Å²) in [5.41, 5.74) is 5.99. The van der Waals surface area contributed by atoms with Crippen LogP contribution in [-0.2, 0) is 4.79 Å². The van der Waals surface area contributed by atoms with Crippen LogP contribution in [-0.4, -0.2) is 29.5 Å². The van der Waals surface area contributed by atoms with E-state index in [1.54, 1.807) is 11.8 Å². The van der Waals surface area contributed by atoms with Gasteiger partial charge in [-0.25, -0.2) is 0 Å². The van der Waals surface area contributed by atoms with Gasteiger partial charge >= 0.3 is 0 Å². The fourth-order valence-corrected chi connectivity index (χ4v) is 2.20. The zero-order valence-corrected chi connectivity index (χ0v) is 11.4. The maximum absolute atomic E-state index is 12.0. The van der Waals surface area contributed by atoms with Crippen LogP contribution in [0, 0.1) is 5.92 Å². The molecule has 0 aromatic rings. The molecule has 0 aliphatic heterocycles. The van der Waals surface area contributed by atoms with E-state index >= 15 is 0 Å². The van der Waals surface area contributed by atoms with E-state index in [4.69, 9.17) is 5.73 Å². The van der Waals surface area contributed by atoms with E-state index in [9.17, 15) is 4.79 Å². The number of carbonyl (C=O) groups is 1. The third kappa shape index (κ3) is 3.98. The van der Waals surface area contributed by atoms with E-state index in [1.165, 1.54) is 6.42 Å². The molecule has 1 fully saturated rings. The first-order valence-corrected chi connectivity index (χ1v) is 7.27. The largest absolute Gasteiger partial charge is 0.354 e. The van der Waals surface area contributed by atoms with Gasteiger partial charge in [0.15, 0.2) is 0 Å². The van der Waals surface area contributed by atoms with Gasteiger partial charge in [0.1, 0.15) is 0 Å². The highest BCUT2D eigenvalue weighted by atomic mass is 32.2. The Bertz CT molecular complexity index is 243. The highest BCUT2D eigenvalue weighted by Gasteiger charge is 2.29. The van der Waals surface area contributed by atoms with E-state index < -0.39 is 0 Å². The predicted molar refractivity (Wildman–Crippen MR) is 70.5 cm³/mol. The van der Waals surface area contributed by atoms with Gasteiger partial charge in [0.05, 0.1) is 5.92 Å². The zero-order valence-electron chi connectivity index (χ0n) is 10.6. The molecule has 3 N–H and O–H groups in total. The second kappa shape index (κ2) is 5.92. The van der Waals surface area contributed by atoms with E-state index in [2.05, 4.69) is 25.4 Å². The van der Waals surface area contributed by atoms with Gasteiger partial charge in [-0.1, -0.05) is 12.8 Å². The molecule has 1 amide bonds. The quantitative estimate of drug-likeness (QED) is 0.792. The van der Waals surface area contributed by atoms with Crippen molar-refractivity contribution in [1.82, 2.24) is 5.32 Å². The molecule has 0 aromatic heterocycles. The molecule has 0 radical (unpaired) electrons. The second-order valence-corrected chi connectivity index (χ2v) is 6.75. The standard InChI is InChI=1S/C12H24N2OS/c1-12(2,16-3)8-14-11(15)9-6-4-5-7-10(9)13/h9-10H,4-8,13H2,1-3H3,(H,14,15). The van der Waals surface area contributed by atoms with Crippen LogP contribution >= 0.6 is 11.8 Å². The smallest absolute Gasteiger partial charge is 0.224 e. The first-order valence-electron chi connectivity index (χ1n) is 6.05. The summed E-state index contributed by atoms with van der Waals surface area (Å²) in [6.45, 7) is 4.99. The van der Waals surface area contributed by atoms with Gasteiger partial charge < -0.3 is 11.1 Å². The summed E-state index contributed by atoms with van der Waals surface area (Å²) in [6.07, 6.45) is 6.31. The van der Waals surface area contributed by atoms with Crippen LogP contribution in [0.2, 0.25) is 0 Å². The molecule has 0 saturated heterocycles. The summed E-state index contributed by atoms with van der Waals surface area (Å²) in [7, 11) is 0. The minimum absolute atomic E-state index is 0.0337. The van der Waals surface area contributed by atoms with Crippen LogP contribution in [0.25, 0.3) is 0 Å². The van der Waals surface area contributed by atoms with Crippen molar-refractivity contribution in [2.75, 3.05) is 12.8 Å². The van der Waals surface area contributed by atoms with Crippen molar-refractivity contribution in [3.05, 3.63) is 0 Å². The molecule has 3 nitrogen and oxygen atoms in total. The van der Waals surface area contributed by atoms with Crippen molar-refractivity contribution in [2.24, 2.45) is 11.7 Å². The topological polar surface area (TPSA) is 55.1 Å². The molecule has 94 valence electrons. The van der Waals surface area contributed by atoms with Gasteiger partial charge in [0.25, 0.3) is 0 Å². The molecular weight excluding hydrogens is 220 g/mol. The van der Waals surface area contributed by atoms with Crippen molar-refractivity contribution < 1.29 is 4.79 Å². The zero-order chi connectivity index (χ0) is 12.2. The summed E-state index contributed by atoms with van der Waals surface area (Å²) >= 11 is 1.77. The highest BCUT2D eigenvalue weighted by Crippen LogP contribution is 2.24. The van der Waals surface area contributed by atoms with Gasteiger partial charge in [0.2, 0.25) is 5.91 Å². The van der Waals surface area contributed by atoms with Crippen molar-refractivity contribution in [3.63, 3.8) is 0 Å². The first kappa shape index (κ1) is 13.8. The molecule has 2 unspecified atom stereocenters. The lowest BCUT2D eigenvalue weighted by molar-refractivity contribution is -0.126. The maximum atomic E-state index is 12.0. The molecular formula is C12H24N2OS. The fraction of sp³-hybridized carbons (Fsp3) is 0.917. The predicted octanol–water partition coefficient (Wildman–Crippen LogP) is 1.76. The Morgan fingerprint density at radius 1 is 1.44 bits per heavy atom. The molecule has 0 aromatic carbocycles. The average molecular weight is 244 g/mol. The normalized spacial score (nSPS) is 26.5. The molecule has 16 heavy (non-hydrogen) atoms. The molecule has 1 aliphatic rings. The van der Waals surface area contributed by atoms with Gasteiger partial charge in [0, 0.05) is 17.3 Å². The minimum Gasteiger partial charge on any atom is -0.354 e. The van der Waals surface area contributed by atoms with Crippen molar-refractivity contribution in [1.29, 1.82) is 0 Å². The minimum atomic E-state index is 0.0337. The molecule has 1 saturated carbocycles. The first-order chi connectivity index (χ1) is 7.46. The van der Waals surface area contributed by atoms with Crippen molar-refractivity contribution >= 4 is 17.7 Å². The molecule has 0 heterocycles. The van der Waals surface area contributed by atoms with E-state index in [1.807, 2.05) is 0 Å². The number of nitrogens with one attached hydrogen (secondary N) is 1. The van der Waals surface area contributed by atoms with Crippen LogP contribution < -0.4 is 11.1 Å². The van der Waals surface area contributed by atoms with Crippen LogP contribution in [0.5, 0.6) is 0 Å². The summed E-state index contributed by atoms with van der Waals surface area (Å²) < 4.78 is 0.106. The van der Waals surface area contributed by atoms with Gasteiger partial charge in [-0.3, -0.25) is 4.79 Å². The van der Waals surface area contributed by atoms with Gasteiger partial charge in [-0.05, 0) is 32.9 Å². The molecule has 0 spiro atoms. The summed E-state index contributed by atoms with van der Waals surface area (Å²) in [4.78, 5) is 12.0. The average Bonchev–Trinajstić information content (AvgIpc) is 2.27. The van der Waals surface area contributed by atoms with Crippen LogP contribution in [0.3, 0.4) is 0 Å². The third-order valence-corrected chi connectivity index (χ3v) is 4.65. The Kier molecular flexibility index (Phi) is 5.12. The van der Waals surface area contributed by atoms with E-state index in [0.29, 0.717) is 0 Å². The van der Waals surface area contributed by atoms with Crippen LogP contribution in [0.15, 0.2) is 0 Å².